The molecule has 7 nitrogen and oxygen atoms in total. The normalized spacial score (nSPS) is 15.3. The maximum absolute atomic E-state index is 12.6. The molecule has 0 radical (unpaired) electrons. The highest BCUT2D eigenvalue weighted by Crippen LogP contribution is 2.24. The number of hydrogen-bond donors (Lipinski definition) is 1. The van der Waals surface area contributed by atoms with Crippen molar-refractivity contribution in [3.63, 3.8) is 0 Å². The van der Waals surface area contributed by atoms with E-state index in [1.54, 1.807) is 16.6 Å². The van der Waals surface area contributed by atoms with Crippen LogP contribution in [0.15, 0.2) is 0 Å². The van der Waals surface area contributed by atoms with Gasteiger partial charge in [0.25, 0.3) is 5.91 Å². The molecule has 1 aromatic heterocycles. The molecule has 20 heavy (non-hydrogen) atoms. The molecule has 1 aromatic rings. The van der Waals surface area contributed by atoms with E-state index in [4.69, 9.17) is 0 Å². The molecule has 2 rings (SSSR count). The first kappa shape index (κ1) is 14.5. The minimum atomic E-state index is -0.168. The lowest BCUT2D eigenvalue weighted by Gasteiger charge is -2.21. The van der Waals surface area contributed by atoms with Crippen LogP contribution in [0.5, 0.6) is 0 Å². The van der Waals surface area contributed by atoms with Crippen molar-refractivity contribution in [2.75, 3.05) is 39.0 Å². The zero-order chi connectivity index (χ0) is 14.9. The molecule has 110 valence electrons. The summed E-state index contributed by atoms with van der Waals surface area (Å²) in [5, 5.41) is 7.12. The first-order valence-corrected chi connectivity index (χ1v) is 6.73. The SMILES string of the molecule is CCc1nn(C)c2c1NC(=O)CN(CCN(C)C)C2=O. The molecule has 0 fully saturated rings. The Kier molecular flexibility index (Phi) is 4.08. The van der Waals surface area contributed by atoms with Crippen LogP contribution in [0.2, 0.25) is 0 Å². The van der Waals surface area contributed by atoms with Gasteiger partial charge in [-0.25, -0.2) is 0 Å². The molecule has 0 atom stereocenters. The maximum Gasteiger partial charge on any atom is 0.274 e. The fourth-order valence-electron chi connectivity index (χ4n) is 2.28. The van der Waals surface area contributed by atoms with E-state index in [0.29, 0.717) is 30.9 Å². The van der Waals surface area contributed by atoms with Gasteiger partial charge >= 0.3 is 0 Å². The Bertz CT molecular complexity index is 535. The predicted octanol–water partition coefficient (Wildman–Crippen LogP) is -0.0616. The number of nitrogens with zero attached hydrogens (tertiary/aromatic N) is 4. The molecule has 1 N–H and O–H groups in total. The summed E-state index contributed by atoms with van der Waals surface area (Å²) >= 11 is 0. The number of aromatic nitrogens is 2. The summed E-state index contributed by atoms with van der Waals surface area (Å²) in [5.41, 5.74) is 1.78. The third kappa shape index (κ3) is 2.67. The van der Waals surface area contributed by atoms with Crippen molar-refractivity contribution in [3.05, 3.63) is 11.4 Å². The van der Waals surface area contributed by atoms with Crippen molar-refractivity contribution in [1.82, 2.24) is 19.6 Å². The molecule has 2 heterocycles. The zero-order valence-corrected chi connectivity index (χ0v) is 12.4. The number of carbonyl (C=O) groups is 2. The number of amides is 2. The molecule has 7 heteroatoms. The van der Waals surface area contributed by atoms with Crippen LogP contribution < -0.4 is 5.32 Å². The average Bonchev–Trinajstić information content (AvgIpc) is 2.62. The van der Waals surface area contributed by atoms with Crippen molar-refractivity contribution in [2.45, 2.75) is 13.3 Å². The fourth-order valence-corrected chi connectivity index (χ4v) is 2.28. The largest absolute Gasteiger partial charge is 0.327 e. The molecule has 0 bridgehead atoms. The third-order valence-electron chi connectivity index (χ3n) is 3.36. The zero-order valence-electron chi connectivity index (χ0n) is 12.4. The van der Waals surface area contributed by atoms with Crippen LogP contribution in [-0.2, 0) is 18.3 Å². The van der Waals surface area contributed by atoms with Gasteiger partial charge in [-0.2, -0.15) is 5.10 Å². The number of anilines is 1. The standard InChI is InChI=1S/C13H21N5O2/c1-5-9-11-12(17(4)15-9)13(20)18(7-6-16(2)3)8-10(19)14-11/h5-8H2,1-4H3,(H,14,19). The monoisotopic (exact) mass is 279 g/mol. The Labute approximate surface area is 118 Å². The summed E-state index contributed by atoms with van der Waals surface area (Å²) in [4.78, 5) is 28.1. The van der Waals surface area contributed by atoms with E-state index in [-0.39, 0.29) is 18.4 Å². The van der Waals surface area contributed by atoms with E-state index in [9.17, 15) is 9.59 Å². The van der Waals surface area contributed by atoms with Gasteiger partial charge in [-0.3, -0.25) is 14.3 Å². The van der Waals surface area contributed by atoms with Crippen molar-refractivity contribution in [1.29, 1.82) is 0 Å². The second kappa shape index (κ2) is 5.62. The number of rotatable bonds is 4. The van der Waals surface area contributed by atoms with E-state index in [1.807, 2.05) is 25.9 Å². The van der Waals surface area contributed by atoms with E-state index >= 15 is 0 Å². The Hall–Kier alpha value is -1.89. The second-order valence-corrected chi connectivity index (χ2v) is 5.23. The maximum atomic E-state index is 12.6. The molecule has 0 saturated heterocycles. The highest BCUT2D eigenvalue weighted by atomic mass is 16.2. The van der Waals surface area contributed by atoms with Crippen LogP contribution >= 0.6 is 0 Å². The van der Waals surface area contributed by atoms with Crippen LogP contribution in [0.4, 0.5) is 5.69 Å². The smallest absolute Gasteiger partial charge is 0.274 e. The summed E-state index contributed by atoms with van der Waals surface area (Å²) in [5.74, 6) is -0.312. The van der Waals surface area contributed by atoms with E-state index in [0.717, 1.165) is 5.69 Å². The topological polar surface area (TPSA) is 70.5 Å². The molecule has 0 spiro atoms. The fraction of sp³-hybridized carbons (Fsp3) is 0.615. The molecule has 0 unspecified atom stereocenters. The Balaban J connectivity index is 2.35. The number of hydrogen-bond acceptors (Lipinski definition) is 4. The number of fused-ring (bicyclic) bond motifs is 1. The van der Waals surface area contributed by atoms with Crippen molar-refractivity contribution in [3.8, 4) is 0 Å². The van der Waals surface area contributed by atoms with Crippen LogP contribution in [0, 0.1) is 0 Å². The Morgan fingerprint density at radius 1 is 1.35 bits per heavy atom. The first-order valence-electron chi connectivity index (χ1n) is 6.73. The first-order chi connectivity index (χ1) is 9.43. The van der Waals surface area contributed by atoms with Crippen LogP contribution in [0.1, 0.15) is 23.1 Å². The summed E-state index contributed by atoms with van der Waals surface area (Å²) in [7, 11) is 5.61. The second-order valence-electron chi connectivity index (χ2n) is 5.23. The van der Waals surface area contributed by atoms with Gasteiger partial charge in [0.2, 0.25) is 5.91 Å². The van der Waals surface area contributed by atoms with Gasteiger partial charge in [0.1, 0.15) is 12.2 Å². The van der Waals surface area contributed by atoms with Crippen LogP contribution in [0.25, 0.3) is 0 Å². The highest BCUT2D eigenvalue weighted by molar-refractivity contribution is 6.08. The predicted molar refractivity (Wildman–Crippen MR) is 75.7 cm³/mol. The van der Waals surface area contributed by atoms with E-state index < -0.39 is 0 Å². The summed E-state index contributed by atoms with van der Waals surface area (Å²) < 4.78 is 1.56. The molecule has 0 aromatic carbocycles. The van der Waals surface area contributed by atoms with Gasteiger partial charge in [0.15, 0.2) is 0 Å². The highest BCUT2D eigenvalue weighted by Gasteiger charge is 2.31. The number of nitrogens with one attached hydrogen (secondary N) is 1. The lowest BCUT2D eigenvalue weighted by Crippen LogP contribution is -2.40. The Morgan fingerprint density at radius 3 is 2.65 bits per heavy atom. The third-order valence-corrected chi connectivity index (χ3v) is 3.36. The van der Waals surface area contributed by atoms with Crippen LogP contribution in [0.3, 0.4) is 0 Å². The number of likely N-dealkylation sites (N-methyl/N-ethyl adjacent to an activating group) is 1. The average molecular weight is 279 g/mol. The summed E-state index contributed by atoms with van der Waals surface area (Å²) in [6.45, 7) is 3.27. The molecular formula is C13H21N5O2. The minimum Gasteiger partial charge on any atom is -0.327 e. The van der Waals surface area contributed by atoms with E-state index in [2.05, 4.69) is 10.4 Å². The lowest BCUT2D eigenvalue weighted by atomic mass is 10.2. The number of aryl methyl sites for hydroxylation is 2. The Morgan fingerprint density at radius 2 is 2.05 bits per heavy atom. The molecule has 2 amide bonds. The molecular weight excluding hydrogens is 258 g/mol. The van der Waals surface area contributed by atoms with Gasteiger partial charge in [-0.1, -0.05) is 6.92 Å². The van der Waals surface area contributed by atoms with Gasteiger partial charge in [-0.15, -0.1) is 0 Å². The van der Waals surface area contributed by atoms with Crippen molar-refractivity contribution < 1.29 is 9.59 Å². The minimum absolute atomic E-state index is 0.0878. The van der Waals surface area contributed by atoms with Crippen LogP contribution in [-0.4, -0.2) is 65.1 Å². The molecule has 1 aliphatic rings. The van der Waals surface area contributed by atoms with Gasteiger partial charge in [0, 0.05) is 20.1 Å². The summed E-state index contributed by atoms with van der Waals surface area (Å²) in [6, 6.07) is 0. The quantitative estimate of drug-likeness (QED) is 0.838. The van der Waals surface area contributed by atoms with Crippen molar-refractivity contribution >= 4 is 17.5 Å². The molecule has 0 aliphatic carbocycles. The van der Waals surface area contributed by atoms with Gasteiger partial charge in [-0.05, 0) is 20.5 Å². The van der Waals surface area contributed by atoms with Gasteiger partial charge in [0.05, 0.1) is 11.4 Å². The summed E-state index contributed by atoms with van der Waals surface area (Å²) in [6.07, 6.45) is 0.675. The van der Waals surface area contributed by atoms with E-state index in [1.165, 1.54) is 0 Å². The molecule has 1 aliphatic heterocycles. The lowest BCUT2D eigenvalue weighted by molar-refractivity contribution is -0.116. The van der Waals surface area contributed by atoms with Gasteiger partial charge < -0.3 is 15.1 Å². The molecule has 0 saturated carbocycles. The number of carbonyl (C=O) groups excluding carboxylic acids is 2. The van der Waals surface area contributed by atoms with Crippen molar-refractivity contribution in [2.24, 2.45) is 7.05 Å².